The third kappa shape index (κ3) is 4.33. The molecule has 1 aromatic rings. The molecule has 3 nitrogen and oxygen atoms in total. The van der Waals surface area contributed by atoms with Crippen molar-refractivity contribution in [2.45, 2.75) is 44.0 Å². The highest BCUT2D eigenvalue weighted by atomic mass is 79.9. The van der Waals surface area contributed by atoms with E-state index in [9.17, 15) is 12.8 Å². The van der Waals surface area contributed by atoms with Crippen LogP contribution in [0.3, 0.4) is 0 Å². The molecule has 1 N–H and O–H groups in total. The van der Waals surface area contributed by atoms with E-state index in [1.54, 1.807) is 0 Å². The van der Waals surface area contributed by atoms with Gasteiger partial charge in [-0.2, -0.15) is 0 Å². The van der Waals surface area contributed by atoms with Crippen LogP contribution >= 0.6 is 15.9 Å². The molecule has 6 heteroatoms. The quantitative estimate of drug-likeness (QED) is 0.864. The molecule has 1 unspecified atom stereocenters. The minimum atomic E-state index is -3.64. The average Bonchev–Trinajstić information content (AvgIpc) is 2.29. The number of hydrogen-bond acceptors (Lipinski definition) is 2. The van der Waals surface area contributed by atoms with Crippen molar-refractivity contribution in [1.29, 1.82) is 0 Å². The number of benzene rings is 1. The van der Waals surface area contributed by atoms with Crippen LogP contribution in [0.25, 0.3) is 0 Å². The van der Waals surface area contributed by atoms with Crippen LogP contribution in [-0.2, 0) is 10.0 Å². The molecule has 0 radical (unpaired) electrons. The molecule has 0 aliphatic carbocycles. The molecule has 0 saturated carbocycles. The fraction of sp³-hybridized carbons (Fsp3) is 0.500. The fourth-order valence-electron chi connectivity index (χ4n) is 1.55. The number of unbranched alkanes of at least 4 members (excludes halogenated alkanes) is 1. The lowest BCUT2D eigenvalue weighted by Crippen LogP contribution is -2.32. The predicted octanol–water partition coefficient (Wildman–Crippen LogP) is 3.45. The van der Waals surface area contributed by atoms with Crippen LogP contribution in [0.4, 0.5) is 4.39 Å². The monoisotopic (exact) mass is 337 g/mol. The first-order valence-corrected chi connectivity index (χ1v) is 8.12. The SMILES string of the molecule is CCCCC(C)NS(=O)(=O)c1ccc(Br)c(F)c1. The van der Waals surface area contributed by atoms with Gasteiger partial charge < -0.3 is 0 Å². The lowest BCUT2D eigenvalue weighted by molar-refractivity contribution is 0.533. The Morgan fingerprint density at radius 1 is 1.44 bits per heavy atom. The van der Waals surface area contributed by atoms with Gasteiger partial charge in [0, 0.05) is 6.04 Å². The van der Waals surface area contributed by atoms with E-state index in [2.05, 4.69) is 20.7 Å². The molecule has 0 saturated heterocycles. The first-order chi connectivity index (χ1) is 8.36. The first-order valence-electron chi connectivity index (χ1n) is 5.84. The zero-order valence-electron chi connectivity index (χ0n) is 10.4. The molecular formula is C12H17BrFNO2S. The topological polar surface area (TPSA) is 46.2 Å². The van der Waals surface area contributed by atoms with Crippen molar-refractivity contribution < 1.29 is 12.8 Å². The van der Waals surface area contributed by atoms with E-state index >= 15 is 0 Å². The van der Waals surface area contributed by atoms with Gasteiger partial charge in [0.15, 0.2) is 0 Å². The van der Waals surface area contributed by atoms with Crippen LogP contribution in [0, 0.1) is 5.82 Å². The number of halogens is 2. The van der Waals surface area contributed by atoms with Gasteiger partial charge in [0.2, 0.25) is 10.0 Å². The van der Waals surface area contributed by atoms with Crippen LogP contribution in [0.1, 0.15) is 33.1 Å². The summed E-state index contributed by atoms with van der Waals surface area (Å²) in [5, 5.41) is 0. The summed E-state index contributed by atoms with van der Waals surface area (Å²) in [5.74, 6) is -0.584. The molecule has 0 amide bonds. The third-order valence-corrected chi connectivity index (χ3v) is 4.78. The highest BCUT2D eigenvalue weighted by Gasteiger charge is 2.18. The van der Waals surface area contributed by atoms with E-state index in [4.69, 9.17) is 0 Å². The summed E-state index contributed by atoms with van der Waals surface area (Å²) in [6.45, 7) is 3.85. The van der Waals surface area contributed by atoms with Crippen molar-refractivity contribution in [2.24, 2.45) is 0 Å². The molecule has 1 rings (SSSR count). The Bertz CT molecular complexity index is 505. The van der Waals surface area contributed by atoms with Gasteiger partial charge in [-0.15, -0.1) is 0 Å². The maximum atomic E-state index is 13.3. The Morgan fingerprint density at radius 3 is 2.67 bits per heavy atom. The van der Waals surface area contributed by atoms with Crippen molar-refractivity contribution in [3.63, 3.8) is 0 Å². The Balaban J connectivity index is 2.83. The lowest BCUT2D eigenvalue weighted by atomic mass is 10.2. The fourth-order valence-corrected chi connectivity index (χ4v) is 3.08. The van der Waals surface area contributed by atoms with Crippen molar-refractivity contribution in [3.8, 4) is 0 Å². The standard InChI is InChI=1S/C12H17BrFNO2S/c1-3-4-5-9(2)15-18(16,17)10-6-7-11(13)12(14)8-10/h6-9,15H,3-5H2,1-2H3. The van der Waals surface area contributed by atoms with Gasteiger partial charge in [-0.05, 0) is 47.5 Å². The first kappa shape index (κ1) is 15.6. The van der Waals surface area contributed by atoms with Gasteiger partial charge in [-0.25, -0.2) is 17.5 Å². The Morgan fingerprint density at radius 2 is 2.11 bits per heavy atom. The van der Waals surface area contributed by atoms with E-state index in [-0.39, 0.29) is 15.4 Å². The second-order valence-corrected chi connectivity index (χ2v) is 6.81. The zero-order chi connectivity index (χ0) is 13.8. The van der Waals surface area contributed by atoms with Crippen LogP contribution < -0.4 is 4.72 Å². The average molecular weight is 338 g/mol. The van der Waals surface area contributed by atoms with Crippen molar-refractivity contribution >= 4 is 26.0 Å². The summed E-state index contributed by atoms with van der Waals surface area (Å²) in [4.78, 5) is -0.0495. The number of sulfonamides is 1. The lowest BCUT2D eigenvalue weighted by Gasteiger charge is -2.14. The van der Waals surface area contributed by atoms with E-state index < -0.39 is 15.8 Å². The number of rotatable bonds is 6. The molecule has 102 valence electrons. The summed E-state index contributed by atoms with van der Waals surface area (Å²) in [5.41, 5.74) is 0. The Hall–Kier alpha value is -0.460. The molecule has 0 aliphatic rings. The Labute approximate surface area is 116 Å². The maximum Gasteiger partial charge on any atom is 0.240 e. The summed E-state index contributed by atoms with van der Waals surface area (Å²) < 4.78 is 40.1. The normalized spacial score (nSPS) is 13.6. The van der Waals surface area contributed by atoms with E-state index in [0.717, 1.165) is 25.3 Å². The van der Waals surface area contributed by atoms with Gasteiger partial charge >= 0.3 is 0 Å². The smallest absolute Gasteiger partial charge is 0.208 e. The summed E-state index contributed by atoms with van der Waals surface area (Å²) in [6.07, 6.45) is 2.74. The minimum Gasteiger partial charge on any atom is -0.208 e. The summed E-state index contributed by atoms with van der Waals surface area (Å²) >= 11 is 2.99. The second-order valence-electron chi connectivity index (χ2n) is 4.24. The Kier molecular flexibility index (Phi) is 5.75. The maximum absolute atomic E-state index is 13.3. The minimum absolute atomic E-state index is 0.0495. The molecule has 0 aliphatic heterocycles. The zero-order valence-corrected chi connectivity index (χ0v) is 12.8. The molecular weight excluding hydrogens is 321 g/mol. The number of nitrogens with one attached hydrogen (secondary N) is 1. The van der Waals surface area contributed by atoms with E-state index in [1.165, 1.54) is 12.1 Å². The highest BCUT2D eigenvalue weighted by Crippen LogP contribution is 2.19. The largest absolute Gasteiger partial charge is 0.240 e. The molecule has 1 atom stereocenters. The van der Waals surface area contributed by atoms with Gasteiger partial charge in [0.05, 0.1) is 9.37 Å². The third-order valence-electron chi connectivity index (χ3n) is 2.55. The molecule has 0 spiro atoms. The van der Waals surface area contributed by atoms with Gasteiger partial charge in [0.25, 0.3) is 0 Å². The van der Waals surface area contributed by atoms with Gasteiger partial charge in [-0.3, -0.25) is 0 Å². The summed E-state index contributed by atoms with van der Waals surface area (Å²) in [7, 11) is -3.64. The highest BCUT2D eigenvalue weighted by molar-refractivity contribution is 9.10. The van der Waals surface area contributed by atoms with E-state index in [0.29, 0.717) is 0 Å². The van der Waals surface area contributed by atoms with Crippen LogP contribution in [-0.4, -0.2) is 14.5 Å². The van der Waals surface area contributed by atoms with Gasteiger partial charge in [-0.1, -0.05) is 19.8 Å². The molecule has 1 aromatic carbocycles. The summed E-state index contributed by atoms with van der Waals surface area (Å²) in [6, 6.07) is 3.63. The van der Waals surface area contributed by atoms with Crippen molar-refractivity contribution in [3.05, 3.63) is 28.5 Å². The molecule has 18 heavy (non-hydrogen) atoms. The predicted molar refractivity (Wildman–Crippen MR) is 73.4 cm³/mol. The van der Waals surface area contributed by atoms with Crippen LogP contribution in [0.5, 0.6) is 0 Å². The molecule has 0 aromatic heterocycles. The van der Waals surface area contributed by atoms with Crippen molar-refractivity contribution in [2.75, 3.05) is 0 Å². The van der Waals surface area contributed by atoms with E-state index in [1.807, 2.05) is 13.8 Å². The molecule has 0 heterocycles. The number of hydrogen-bond donors (Lipinski definition) is 1. The molecule has 0 fully saturated rings. The van der Waals surface area contributed by atoms with Crippen molar-refractivity contribution in [1.82, 2.24) is 4.72 Å². The second kappa shape index (κ2) is 6.63. The van der Waals surface area contributed by atoms with Gasteiger partial charge in [0.1, 0.15) is 5.82 Å². The molecule has 0 bridgehead atoms. The van der Waals surface area contributed by atoms with Crippen LogP contribution in [0.2, 0.25) is 0 Å². The van der Waals surface area contributed by atoms with Crippen LogP contribution in [0.15, 0.2) is 27.6 Å².